The molecule has 0 bridgehead atoms. The van der Waals surface area contributed by atoms with Crippen LogP contribution in [0.25, 0.3) is 0 Å². The Morgan fingerprint density at radius 3 is 2.27 bits per heavy atom. The highest BCUT2D eigenvalue weighted by Gasteiger charge is 2.21. The van der Waals surface area contributed by atoms with E-state index in [2.05, 4.69) is 10.9 Å². The van der Waals surface area contributed by atoms with E-state index >= 15 is 0 Å². The summed E-state index contributed by atoms with van der Waals surface area (Å²) >= 11 is 0. The van der Waals surface area contributed by atoms with Crippen molar-refractivity contribution in [3.05, 3.63) is 74.3 Å². The quantitative estimate of drug-likeness (QED) is 0.582. The van der Waals surface area contributed by atoms with Crippen LogP contribution in [0.4, 0.5) is 11.4 Å². The van der Waals surface area contributed by atoms with Gasteiger partial charge in [-0.1, -0.05) is 18.2 Å². The third kappa shape index (κ3) is 4.74. The molecule has 0 aliphatic rings. The number of non-ortho nitro benzene ring substituents is 1. The van der Waals surface area contributed by atoms with Crippen LogP contribution in [-0.4, -0.2) is 28.3 Å². The molecule has 0 aromatic heterocycles. The first kappa shape index (κ1) is 18.3. The maximum atomic E-state index is 11.7. The van der Waals surface area contributed by atoms with E-state index in [1.807, 2.05) is 0 Å². The lowest BCUT2D eigenvalue weighted by atomic mass is 10.2. The first-order chi connectivity index (χ1) is 12.4. The summed E-state index contributed by atoms with van der Waals surface area (Å²) in [5, 5.41) is 21.6. The number of rotatable bonds is 6. The monoisotopic (exact) mass is 360 g/mol. The molecule has 0 aliphatic carbocycles. The highest BCUT2D eigenvalue weighted by Crippen LogP contribution is 2.30. The minimum Gasteiger partial charge on any atom is -0.477 e. The highest BCUT2D eigenvalue weighted by molar-refractivity contribution is 5.95. The number of nitro groups is 2. The van der Waals surface area contributed by atoms with Gasteiger partial charge in [0.25, 0.3) is 17.5 Å². The normalized spacial score (nSPS) is 9.85. The largest absolute Gasteiger partial charge is 0.477 e. The first-order valence-electron chi connectivity index (χ1n) is 7.08. The fourth-order valence-corrected chi connectivity index (χ4v) is 1.85. The Bertz CT molecular complexity index is 854. The molecule has 0 heterocycles. The van der Waals surface area contributed by atoms with Crippen molar-refractivity contribution in [3.63, 3.8) is 0 Å². The van der Waals surface area contributed by atoms with Crippen LogP contribution in [0.5, 0.6) is 5.75 Å². The second-order valence-corrected chi connectivity index (χ2v) is 4.82. The highest BCUT2D eigenvalue weighted by atomic mass is 16.6. The minimum atomic E-state index is -0.864. The number of hydrazine groups is 1. The van der Waals surface area contributed by atoms with E-state index in [4.69, 9.17) is 4.74 Å². The Hall–Kier alpha value is -4.02. The molecule has 134 valence electrons. The zero-order valence-corrected chi connectivity index (χ0v) is 13.1. The molecular formula is C15H12N4O7. The van der Waals surface area contributed by atoms with Crippen LogP contribution in [0, 0.1) is 20.2 Å². The Morgan fingerprint density at radius 2 is 1.65 bits per heavy atom. The molecule has 2 aromatic carbocycles. The number of ether oxygens (including phenoxy) is 1. The Morgan fingerprint density at radius 1 is 0.962 bits per heavy atom. The molecule has 11 nitrogen and oxygen atoms in total. The second-order valence-electron chi connectivity index (χ2n) is 4.82. The summed E-state index contributed by atoms with van der Waals surface area (Å²) in [7, 11) is 0. The maximum Gasteiger partial charge on any atom is 0.317 e. The summed E-state index contributed by atoms with van der Waals surface area (Å²) in [6.45, 7) is -0.645. The predicted molar refractivity (Wildman–Crippen MR) is 87.3 cm³/mol. The van der Waals surface area contributed by atoms with Crippen molar-refractivity contribution in [3.8, 4) is 5.75 Å². The molecular weight excluding hydrogens is 348 g/mol. The minimum absolute atomic E-state index is 0.315. The number of amides is 2. The first-order valence-corrected chi connectivity index (χ1v) is 7.08. The van der Waals surface area contributed by atoms with E-state index in [1.54, 1.807) is 18.2 Å². The van der Waals surface area contributed by atoms with Gasteiger partial charge in [0.05, 0.1) is 15.9 Å². The molecule has 11 heteroatoms. The topological polar surface area (TPSA) is 154 Å². The standard InChI is InChI=1S/C15H12N4O7/c20-14(16-17-15(21)10-4-2-1-3-5-10)9-26-13-7-6-11(18(22)23)8-12(13)19(24)25/h1-8H,9H2,(H,16,20)(H,17,21). The molecule has 2 rings (SSSR count). The van der Waals surface area contributed by atoms with Gasteiger partial charge < -0.3 is 4.74 Å². The molecule has 0 atom stereocenters. The molecule has 2 amide bonds. The Labute approximate surface area is 145 Å². The smallest absolute Gasteiger partial charge is 0.317 e. The number of benzene rings is 2. The van der Waals surface area contributed by atoms with Crippen LogP contribution in [0.15, 0.2) is 48.5 Å². The fourth-order valence-electron chi connectivity index (χ4n) is 1.85. The molecule has 26 heavy (non-hydrogen) atoms. The van der Waals surface area contributed by atoms with E-state index in [0.29, 0.717) is 5.56 Å². The van der Waals surface area contributed by atoms with Crippen molar-refractivity contribution in [2.75, 3.05) is 6.61 Å². The molecule has 2 N–H and O–H groups in total. The summed E-state index contributed by atoms with van der Waals surface area (Å²) in [5.41, 5.74) is 3.43. The van der Waals surface area contributed by atoms with Gasteiger partial charge in [-0.3, -0.25) is 40.7 Å². The molecule has 0 saturated carbocycles. The zero-order chi connectivity index (χ0) is 19.1. The molecule has 0 saturated heterocycles. The van der Waals surface area contributed by atoms with Crippen LogP contribution in [-0.2, 0) is 4.79 Å². The maximum absolute atomic E-state index is 11.7. The molecule has 2 aromatic rings. The number of carbonyl (C=O) groups excluding carboxylic acids is 2. The van der Waals surface area contributed by atoms with E-state index < -0.39 is 39.6 Å². The van der Waals surface area contributed by atoms with Crippen molar-refractivity contribution in [1.29, 1.82) is 0 Å². The number of hydrogen-bond acceptors (Lipinski definition) is 7. The number of nitro benzene ring substituents is 2. The fraction of sp³-hybridized carbons (Fsp3) is 0.0667. The summed E-state index contributed by atoms with van der Waals surface area (Å²) in [6.07, 6.45) is 0. The van der Waals surface area contributed by atoms with Gasteiger partial charge in [-0.2, -0.15) is 0 Å². The van der Waals surface area contributed by atoms with Crippen LogP contribution in [0.2, 0.25) is 0 Å². The van der Waals surface area contributed by atoms with Gasteiger partial charge in [-0.15, -0.1) is 0 Å². The Kier molecular flexibility index (Phi) is 5.77. The van der Waals surface area contributed by atoms with Crippen LogP contribution in [0.3, 0.4) is 0 Å². The van der Waals surface area contributed by atoms with Gasteiger partial charge in [0.2, 0.25) is 0 Å². The van der Waals surface area contributed by atoms with Crippen LogP contribution < -0.4 is 15.6 Å². The SMILES string of the molecule is O=C(COc1ccc([N+](=O)[O-])cc1[N+](=O)[O-])NNC(=O)c1ccccc1. The molecule has 0 spiro atoms. The van der Waals surface area contributed by atoms with E-state index in [1.165, 1.54) is 12.1 Å². The number of carbonyl (C=O) groups is 2. The average Bonchev–Trinajstić information content (AvgIpc) is 2.64. The van der Waals surface area contributed by atoms with Gasteiger partial charge in [-0.05, 0) is 18.2 Å². The average molecular weight is 360 g/mol. The lowest BCUT2D eigenvalue weighted by molar-refractivity contribution is -0.394. The van der Waals surface area contributed by atoms with Gasteiger partial charge >= 0.3 is 5.69 Å². The van der Waals surface area contributed by atoms with Crippen molar-refractivity contribution >= 4 is 23.2 Å². The lowest BCUT2D eigenvalue weighted by Crippen LogP contribution is -2.43. The Balaban J connectivity index is 1.94. The van der Waals surface area contributed by atoms with E-state index in [0.717, 1.165) is 18.2 Å². The molecule has 0 unspecified atom stereocenters. The number of nitrogens with one attached hydrogen (secondary N) is 2. The van der Waals surface area contributed by atoms with Crippen LogP contribution >= 0.6 is 0 Å². The van der Waals surface area contributed by atoms with Crippen LogP contribution in [0.1, 0.15) is 10.4 Å². The number of hydrogen-bond donors (Lipinski definition) is 2. The molecule has 0 fully saturated rings. The third-order valence-electron chi connectivity index (χ3n) is 3.06. The van der Waals surface area contributed by atoms with Crippen molar-refractivity contribution in [1.82, 2.24) is 10.9 Å². The van der Waals surface area contributed by atoms with E-state index in [-0.39, 0.29) is 5.75 Å². The third-order valence-corrected chi connectivity index (χ3v) is 3.06. The van der Waals surface area contributed by atoms with Gasteiger partial charge in [0.1, 0.15) is 0 Å². The van der Waals surface area contributed by atoms with Crippen molar-refractivity contribution < 1.29 is 24.2 Å². The van der Waals surface area contributed by atoms with Crippen molar-refractivity contribution in [2.24, 2.45) is 0 Å². The number of nitrogens with zero attached hydrogens (tertiary/aromatic N) is 2. The summed E-state index contributed by atoms with van der Waals surface area (Å²) in [6, 6.07) is 10.9. The zero-order valence-electron chi connectivity index (χ0n) is 13.1. The van der Waals surface area contributed by atoms with Gasteiger partial charge in [0.15, 0.2) is 12.4 Å². The summed E-state index contributed by atoms with van der Waals surface area (Å²) in [5.74, 6) is -1.65. The molecule has 0 radical (unpaired) electrons. The molecule has 0 aliphatic heterocycles. The summed E-state index contributed by atoms with van der Waals surface area (Å²) in [4.78, 5) is 43.4. The van der Waals surface area contributed by atoms with Gasteiger partial charge in [0, 0.05) is 11.6 Å². The second kappa shape index (κ2) is 8.19. The van der Waals surface area contributed by atoms with Gasteiger partial charge in [-0.25, -0.2) is 0 Å². The summed E-state index contributed by atoms with van der Waals surface area (Å²) < 4.78 is 5.01. The van der Waals surface area contributed by atoms with Crippen molar-refractivity contribution in [2.45, 2.75) is 0 Å². The predicted octanol–water partition coefficient (Wildman–Crippen LogP) is 1.34. The lowest BCUT2D eigenvalue weighted by Gasteiger charge is -2.09. The van der Waals surface area contributed by atoms with E-state index in [9.17, 15) is 29.8 Å².